The molecule has 2 nitrogen and oxygen atoms in total. The Morgan fingerprint density at radius 1 is 0.636 bits per heavy atom. The Labute approximate surface area is 197 Å². The topological polar surface area (TPSA) is 9.86 Å². The van der Waals surface area contributed by atoms with Crippen molar-refractivity contribution in [1.29, 1.82) is 0 Å². The summed E-state index contributed by atoms with van der Waals surface area (Å²) in [6.45, 7) is 12.9. The average Bonchev–Trinajstić information content (AvgIpc) is 3.28. The summed E-state index contributed by atoms with van der Waals surface area (Å²) in [5.74, 6) is 0. The number of fused-ring (bicyclic) bond motifs is 2. The third-order valence-electron chi connectivity index (χ3n) is 6.11. The molecule has 0 N–H and O–H groups in total. The summed E-state index contributed by atoms with van der Waals surface area (Å²) in [6.07, 6.45) is 17.5. The Balaban J connectivity index is 2.26. The van der Waals surface area contributed by atoms with Gasteiger partial charge in [-0.25, -0.2) is 0 Å². The third-order valence-corrected chi connectivity index (χ3v) is 6.11. The molecule has 2 aromatic heterocycles. The molecule has 0 saturated carbocycles. The van der Waals surface area contributed by atoms with Gasteiger partial charge in [-0.1, -0.05) is 60.7 Å². The van der Waals surface area contributed by atoms with Gasteiger partial charge < -0.3 is 9.13 Å². The molecule has 0 amide bonds. The highest BCUT2D eigenvalue weighted by Crippen LogP contribution is 2.39. The first kappa shape index (κ1) is 22.7. The van der Waals surface area contributed by atoms with Crippen LogP contribution in [0.2, 0.25) is 0 Å². The van der Waals surface area contributed by atoms with E-state index >= 15 is 0 Å². The Bertz CT molecular complexity index is 1410. The van der Waals surface area contributed by atoms with Crippen LogP contribution in [-0.4, -0.2) is 9.13 Å². The van der Waals surface area contributed by atoms with Gasteiger partial charge in [-0.05, 0) is 71.9 Å². The quantitative estimate of drug-likeness (QED) is 0.286. The van der Waals surface area contributed by atoms with Crippen molar-refractivity contribution in [1.82, 2.24) is 9.13 Å². The Morgan fingerprint density at radius 2 is 1.24 bits per heavy atom. The molecule has 0 bridgehead atoms. The molecule has 0 aliphatic heterocycles. The van der Waals surface area contributed by atoms with Crippen molar-refractivity contribution in [2.45, 2.75) is 47.6 Å². The van der Waals surface area contributed by atoms with E-state index in [1.165, 1.54) is 50.0 Å². The van der Waals surface area contributed by atoms with Crippen molar-refractivity contribution in [2.75, 3.05) is 0 Å². The number of hydrogen-bond acceptors (Lipinski definition) is 0. The summed E-state index contributed by atoms with van der Waals surface area (Å²) < 4.78 is 4.89. The molecule has 0 unspecified atom stereocenters. The van der Waals surface area contributed by atoms with Gasteiger partial charge in [-0.15, -0.1) is 0 Å². The Kier molecular flexibility index (Phi) is 6.55. The van der Waals surface area contributed by atoms with Crippen molar-refractivity contribution >= 4 is 46.1 Å². The van der Waals surface area contributed by atoms with Gasteiger partial charge >= 0.3 is 0 Å². The second kappa shape index (κ2) is 9.54. The van der Waals surface area contributed by atoms with E-state index < -0.39 is 0 Å². The van der Waals surface area contributed by atoms with Crippen LogP contribution in [-0.2, 0) is 0 Å². The Hall–Kier alpha value is -3.52. The van der Waals surface area contributed by atoms with Crippen LogP contribution in [0.1, 0.15) is 70.1 Å². The zero-order chi connectivity index (χ0) is 23.5. The number of nitrogens with zero attached hydrogens (tertiary/aromatic N) is 2. The lowest BCUT2D eigenvalue weighted by molar-refractivity contribution is 0.618. The summed E-state index contributed by atoms with van der Waals surface area (Å²) in [5.41, 5.74) is 8.69. The molecule has 0 saturated heterocycles. The summed E-state index contributed by atoms with van der Waals surface area (Å²) in [5, 5.41) is 2.56. The fraction of sp³-hybridized carbons (Fsp3) is 0.226. The molecule has 2 heterocycles. The Morgan fingerprint density at radius 3 is 1.91 bits per heavy atom. The van der Waals surface area contributed by atoms with Crippen molar-refractivity contribution in [3.8, 4) is 5.69 Å². The molecule has 2 heteroatoms. The predicted octanol–water partition coefficient (Wildman–Crippen LogP) is 9.30. The SMILES string of the molecule is C/C=C\c1c(/C=C\C)n(-c2cccc3c2c(/C=C\C)c(/C=C\C)n3C(C)C)c2ccccc12. The maximum absolute atomic E-state index is 2.46. The first-order valence-electron chi connectivity index (χ1n) is 11.9. The largest absolute Gasteiger partial charge is 0.338 e. The van der Waals surface area contributed by atoms with Crippen LogP contribution in [0, 0.1) is 0 Å². The monoisotopic (exact) mass is 434 g/mol. The molecule has 0 aliphatic rings. The van der Waals surface area contributed by atoms with Gasteiger partial charge in [0.05, 0.1) is 22.4 Å². The molecule has 2 aromatic carbocycles. The first-order valence-corrected chi connectivity index (χ1v) is 11.9. The van der Waals surface area contributed by atoms with Crippen LogP contribution >= 0.6 is 0 Å². The normalized spacial score (nSPS) is 12.9. The van der Waals surface area contributed by atoms with Gasteiger partial charge in [0.25, 0.3) is 0 Å². The minimum absolute atomic E-state index is 0.350. The molecule has 0 fully saturated rings. The lowest BCUT2D eigenvalue weighted by Gasteiger charge is -2.14. The lowest BCUT2D eigenvalue weighted by Crippen LogP contribution is -2.03. The minimum atomic E-state index is 0.350. The van der Waals surface area contributed by atoms with Gasteiger partial charge in [0, 0.05) is 33.6 Å². The second-order valence-electron chi connectivity index (χ2n) is 8.59. The molecular formula is C31H34N2. The van der Waals surface area contributed by atoms with Gasteiger partial charge in [-0.2, -0.15) is 0 Å². The van der Waals surface area contributed by atoms with E-state index in [4.69, 9.17) is 0 Å². The number of aromatic nitrogens is 2. The van der Waals surface area contributed by atoms with Gasteiger partial charge in [0.2, 0.25) is 0 Å². The average molecular weight is 435 g/mol. The fourth-order valence-corrected chi connectivity index (χ4v) is 5.01. The highest BCUT2D eigenvalue weighted by atomic mass is 15.0. The molecule has 0 aliphatic carbocycles. The number of hydrogen-bond donors (Lipinski definition) is 0. The van der Waals surface area contributed by atoms with Crippen LogP contribution in [0.5, 0.6) is 0 Å². The molecule has 4 rings (SSSR count). The van der Waals surface area contributed by atoms with E-state index in [9.17, 15) is 0 Å². The number of rotatable bonds is 6. The van der Waals surface area contributed by atoms with Crippen molar-refractivity contribution in [3.63, 3.8) is 0 Å². The molecular weight excluding hydrogens is 400 g/mol. The van der Waals surface area contributed by atoms with Crippen LogP contribution in [0.15, 0.2) is 66.8 Å². The van der Waals surface area contributed by atoms with Gasteiger partial charge in [0.1, 0.15) is 0 Å². The third kappa shape index (κ3) is 3.70. The van der Waals surface area contributed by atoms with E-state index in [1.807, 2.05) is 0 Å². The fourth-order valence-electron chi connectivity index (χ4n) is 5.01. The van der Waals surface area contributed by atoms with E-state index in [0.29, 0.717) is 6.04 Å². The minimum Gasteiger partial charge on any atom is -0.338 e. The lowest BCUT2D eigenvalue weighted by atomic mass is 10.1. The molecule has 0 radical (unpaired) electrons. The zero-order valence-electron chi connectivity index (χ0n) is 20.6. The standard InChI is InChI=1S/C31H34N2/c1-7-14-23-24-18-11-12-19-28(24)33(26(23)16-9-3)30-21-13-20-29-31(30)25(15-8-2)27(17-10-4)32(29)22(5)6/h7-22H,1-6H3/b14-7-,15-8-,16-9-,17-10-. The van der Waals surface area contributed by atoms with Crippen molar-refractivity contribution in [2.24, 2.45) is 0 Å². The maximum atomic E-state index is 2.46. The van der Waals surface area contributed by atoms with E-state index in [2.05, 4.69) is 142 Å². The van der Waals surface area contributed by atoms with Crippen molar-refractivity contribution < 1.29 is 0 Å². The number of benzene rings is 2. The van der Waals surface area contributed by atoms with Crippen LogP contribution in [0.3, 0.4) is 0 Å². The van der Waals surface area contributed by atoms with E-state index in [1.54, 1.807) is 0 Å². The predicted molar refractivity (Wildman–Crippen MR) is 148 cm³/mol. The smallest absolute Gasteiger partial charge is 0.0562 e. The molecule has 168 valence electrons. The molecule has 0 atom stereocenters. The van der Waals surface area contributed by atoms with Crippen molar-refractivity contribution in [3.05, 3.63) is 89.3 Å². The molecule has 33 heavy (non-hydrogen) atoms. The van der Waals surface area contributed by atoms with E-state index in [-0.39, 0.29) is 0 Å². The maximum Gasteiger partial charge on any atom is 0.0562 e. The highest BCUT2D eigenvalue weighted by Gasteiger charge is 2.22. The van der Waals surface area contributed by atoms with Crippen LogP contribution in [0.4, 0.5) is 0 Å². The summed E-state index contributed by atoms with van der Waals surface area (Å²) in [4.78, 5) is 0. The molecule has 0 spiro atoms. The number of allylic oxidation sites excluding steroid dienone is 4. The highest BCUT2D eigenvalue weighted by molar-refractivity contribution is 6.03. The summed E-state index contributed by atoms with van der Waals surface area (Å²) >= 11 is 0. The first-order chi connectivity index (χ1) is 16.1. The van der Waals surface area contributed by atoms with Gasteiger partial charge in [-0.3, -0.25) is 0 Å². The van der Waals surface area contributed by atoms with Gasteiger partial charge in [0.15, 0.2) is 0 Å². The van der Waals surface area contributed by atoms with E-state index in [0.717, 1.165) is 0 Å². The second-order valence-corrected chi connectivity index (χ2v) is 8.59. The molecule has 4 aromatic rings. The van der Waals surface area contributed by atoms with Crippen LogP contribution in [0.25, 0.3) is 51.8 Å². The zero-order valence-corrected chi connectivity index (χ0v) is 20.6. The summed E-state index contributed by atoms with van der Waals surface area (Å²) in [6, 6.07) is 15.8. The summed E-state index contributed by atoms with van der Waals surface area (Å²) in [7, 11) is 0. The van der Waals surface area contributed by atoms with Crippen LogP contribution < -0.4 is 0 Å². The number of para-hydroxylation sites is 1.